The van der Waals surface area contributed by atoms with Crippen LogP contribution in [0.3, 0.4) is 0 Å². The van der Waals surface area contributed by atoms with E-state index in [2.05, 4.69) is 4.98 Å². The Morgan fingerprint density at radius 3 is 2.53 bits per heavy atom. The zero-order valence-electron chi connectivity index (χ0n) is 10.5. The molecule has 19 heavy (non-hydrogen) atoms. The van der Waals surface area contributed by atoms with Gasteiger partial charge in [0.05, 0.1) is 18.3 Å². The summed E-state index contributed by atoms with van der Waals surface area (Å²) in [6, 6.07) is 16.5. The number of pyridine rings is 1. The van der Waals surface area contributed by atoms with Crippen molar-refractivity contribution in [2.75, 3.05) is 7.11 Å². The summed E-state index contributed by atoms with van der Waals surface area (Å²) in [7, 11) is 1.60. The van der Waals surface area contributed by atoms with Crippen molar-refractivity contribution in [1.82, 2.24) is 4.98 Å². The molecule has 3 aromatic rings. The van der Waals surface area contributed by atoms with Gasteiger partial charge in [-0.2, -0.15) is 0 Å². The third-order valence-corrected chi connectivity index (χ3v) is 3.05. The smallest absolute Gasteiger partial charge is 0.121 e. The van der Waals surface area contributed by atoms with Crippen LogP contribution in [0, 0.1) is 0 Å². The summed E-state index contributed by atoms with van der Waals surface area (Å²) in [4.78, 5) is 4.53. The number of hydrogen-bond donors (Lipinski definition) is 0. The van der Waals surface area contributed by atoms with Crippen molar-refractivity contribution in [1.29, 1.82) is 0 Å². The van der Waals surface area contributed by atoms with Crippen LogP contribution < -0.4 is 9.84 Å². The van der Waals surface area contributed by atoms with Gasteiger partial charge in [0.25, 0.3) is 0 Å². The molecule has 0 spiro atoms. The molecule has 1 aromatic heterocycles. The maximum absolute atomic E-state index is 12.1. The van der Waals surface area contributed by atoms with Gasteiger partial charge in [0, 0.05) is 11.6 Å². The van der Waals surface area contributed by atoms with Crippen molar-refractivity contribution in [2.24, 2.45) is 0 Å². The van der Waals surface area contributed by atoms with E-state index in [0.29, 0.717) is 22.3 Å². The third-order valence-electron chi connectivity index (χ3n) is 3.05. The van der Waals surface area contributed by atoms with E-state index in [4.69, 9.17) is 4.74 Å². The zero-order valence-corrected chi connectivity index (χ0v) is 10.5. The fourth-order valence-corrected chi connectivity index (χ4v) is 2.06. The van der Waals surface area contributed by atoms with E-state index in [1.54, 1.807) is 31.4 Å². The molecule has 0 radical (unpaired) electrons. The monoisotopic (exact) mass is 250 g/mol. The van der Waals surface area contributed by atoms with E-state index < -0.39 is 0 Å². The van der Waals surface area contributed by atoms with Gasteiger partial charge in [-0.3, -0.25) is 0 Å². The molecule has 94 valence electrons. The van der Waals surface area contributed by atoms with Crippen LogP contribution in [0.1, 0.15) is 0 Å². The molecule has 0 saturated carbocycles. The van der Waals surface area contributed by atoms with Crippen LogP contribution in [0.2, 0.25) is 0 Å². The third kappa shape index (κ3) is 2.10. The lowest BCUT2D eigenvalue weighted by Gasteiger charge is -2.13. The maximum Gasteiger partial charge on any atom is 0.121 e. The summed E-state index contributed by atoms with van der Waals surface area (Å²) in [6.45, 7) is 0. The highest BCUT2D eigenvalue weighted by molar-refractivity contribution is 5.88. The van der Waals surface area contributed by atoms with Crippen molar-refractivity contribution in [3.05, 3.63) is 54.6 Å². The lowest BCUT2D eigenvalue weighted by molar-refractivity contribution is -0.265. The molecule has 0 aliphatic heterocycles. The highest BCUT2D eigenvalue weighted by Gasteiger charge is 2.03. The van der Waals surface area contributed by atoms with Crippen LogP contribution in [-0.2, 0) is 0 Å². The quantitative estimate of drug-likeness (QED) is 0.702. The molecule has 2 aromatic carbocycles. The normalized spacial score (nSPS) is 10.6. The Balaban J connectivity index is 2.23. The Labute approximate surface area is 111 Å². The molecule has 0 N–H and O–H groups in total. The van der Waals surface area contributed by atoms with E-state index in [0.717, 1.165) is 5.56 Å². The van der Waals surface area contributed by atoms with Gasteiger partial charge in [0.2, 0.25) is 0 Å². The average Bonchev–Trinajstić information content (AvgIpc) is 2.47. The van der Waals surface area contributed by atoms with Gasteiger partial charge in [0.15, 0.2) is 0 Å². The van der Waals surface area contributed by atoms with Crippen molar-refractivity contribution >= 4 is 10.9 Å². The van der Waals surface area contributed by atoms with E-state index in [-0.39, 0.29) is 5.75 Å². The summed E-state index contributed by atoms with van der Waals surface area (Å²) in [6.07, 6.45) is 0. The second kappa shape index (κ2) is 4.61. The number of benzene rings is 2. The largest absolute Gasteiger partial charge is 0.872 e. The fourth-order valence-electron chi connectivity index (χ4n) is 2.06. The highest BCUT2D eigenvalue weighted by atomic mass is 16.5. The average molecular weight is 250 g/mol. The van der Waals surface area contributed by atoms with Gasteiger partial charge in [-0.1, -0.05) is 36.1 Å². The molecule has 3 rings (SSSR count). The number of aromatic nitrogens is 1. The highest BCUT2D eigenvalue weighted by Crippen LogP contribution is 2.29. The van der Waals surface area contributed by atoms with Crippen molar-refractivity contribution in [3.63, 3.8) is 0 Å². The molecule has 3 heteroatoms. The van der Waals surface area contributed by atoms with Crippen LogP contribution in [0.15, 0.2) is 54.6 Å². The Morgan fingerprint density at radius 1 is 1.00 bits per heavy atom. The Hall–Kier alpha value is -2.55. The predicted octanol–water partition coefficient (Wildman–Crippen LogP) is 2.98. The molecule has 0 unspecified atom stereocenters. The summed E-state index contributed by atoms with van der Waals surface area (Å²) >= 11 is 0. The Bertz CT molecular complexity index is 723. The number of hydrogen-bond acceptors (Lipinski definition) is 3. The molecule has 0 atom stereocenters. The fraction of sp³-hybridized carbons (Fsp3) is 0.0625. The minimum absolute atomic E-state index is 0.0218. The molecule has 3 nitrogen and oxygen atoms in total. The minimum Gasteiger partial charge on any atom is -0.872 e. The summed E-state index contributed by atoms with van der Waals surface area (Å²) in [5.41, 5.74) is 2.28. The van der Waals surface area contributed by atoms with Crippen LogP contribution in [0.4, 0.5) is 0 Å². The SMILES string of the molecule is COc1ccc2c([O-])cc(-c3ccccc3)nc2c1. The number of methoxy groups -OCH3 is 1. The predicted molar refractivity (Wildman–Crippen MR) is 73.2 cm³/mol. The van der Waals surface area contributed by atoms with Gasteiger partial charge in [0.1, 0.15) is 5.75 Å². The molecule has 0 aliphatic rings. The van der Waals surface area contributed by atoms with E-state index >= 15 is 0 Å². The Morgan fingerprint density at radius 2 is 1.79 bits per heavy atom. The van der Waals surface area contributed by atoms with Crippen LogP contribution >= 0.6 is 0 Å². The van der Waals surface area contributed by atoms with E-state index in [1.165, 1.54) is 0 Å². The van der Waals surface area contributed by atoms with Crippen molar-refractivity contribution < 1.29 is 9.84 Å². The first-order chi connectivity index (χ1) is 9.28. The molecule has 0 aliphatic carbocycles. The molecular formula is C16H12NO2-. The van der Waals surface area contributed by atoms with E-state index in [1.807, 2.05) is 30.3 Å². The van der Waals surface area contributed by atoms with Crippen LogP contribution in [0.5, 0.6) is 11.5 Å². The van der Waals surface area contributed by atoms with Crippen LogP contribution in [-0.4, -0.2) is 12.1 Å². The molecule has 0 bridgehead atoms. The minimum atomic E-state index is -0.0218. The van der Waals surface area contributed by atoms with Gasteiger partial charge in [-0.15, -0.1) is 0 Å². The van der Waals surface area contributed by atoms with Gasteiger partial charge in [-0.05, 0) is 23.6 Å². The Kier molecular flexibility index (Phi) is 2.80. The van der Waals surface area contributed by atoms with Crippen LogP contribution in [0.25, 0.3) is 22.2 Å². The molecule has 0 saturated heterocycles. The lowest BCUT2D eigenvalue weighted by Crippen LogP contribution is -1.95. The zero-order chi connectivity index (χ0) is 13.2. The second-order valence-electron chi connectivity index (χ2n) is 4.25. The number of nitrogens with zero attached hydrogens (tertiary/aromatic N) is 1. The van der Waals surface area contributed by atoms with E-state index in [9.17, 15) is 5.11 Å². The first-order valence-corrected chi connectivity index (χ1v) is 5.99. The molecule has 1 heterocycles. The summed E-state index contributed by atoms with van der Waals surface area (Å²) in [5.74, 6) is 0.677. The second-order valence-corrected chi connectivity index (χ2v) is 4.25. The number of ether oxygens (including phenoxy) is 1. The van der Waals surface area contributed by atoms with Gasteiger partial charge in [-0.25, -0.2) is 4.98 Å². The lowest BCUT2D eigenvalue weighted by atomic mass is 10.1. The van der Waals surface area contributed by atoms with Gasteiger partial charge >= 0.3 is 0 Å². The molecular weight excluding hydrogens is 238 g/mol. The van der Waals surface area contributed by atoms with Gasteiger partial charge < -0.3 is 9.84 Å². The first-order valence-electron chi connectivity index (χ1n) is 5.99. The standard InChI is InChI=1S/C16H13NO2/c1-19-12-7-8-13-15(9-12)17-14(10-16(13)18)11-5-3-2-4-6-11/h2-10H,1H3,(H,17,18)/p-1. The van der Waals surface area contributed by atoms with Crippen molar-refractivity contribution in [2.45, 2.75) is 0 Å². The number of rotatable bonds is 2. The topological polar surface area (TPSA) is 45.2 Å². The maximum atomic E-state index is 12.1. The molecule has 0 fully saturated rings. The summed E-state index contributed by atoms with van der Waals surface area (Å²) in [5, 5.41) is 12.7. The first kappa shape index (κ1) is 11.5. The van der Waals surface area contributed by atoms with Crippen molar-refractivity contribution in [3.8, 4) is 22.8 Å². The molecule has 0 amide bonds. The summed E-state index contributed by atoms with van der Waals surface area (Å²) < 4.78 is 5.17. The number of fused-ring (bicyclic) bond motifs is 1.